The van der Waals surface area contributed by atoms with E-state index in [4.69, 9.17) is 0 Å². The first-order chi connectivity index (χ1) is 5.90. The van der Waals surface area contributed by atoms with Crippen molar-refractivity contribution in [3.63, 3.8) is 0 Å². The highest BCUT2D eigenvalue weighted by atomic mass is 14.1. The van der Waals surface area contributed by atoms with Gasteiger partial charge in [-0.1, -0.05) is 30.4 Å². The van der Waals surface area contributed by atoms with E-state index >= 15 is 0 Å². The van der Waals surface area contributed by atoms with Crippen LogP contribution >= 0.6 is 0 Å². The second-order valence-electron chi connectivity index (χ2n) is 3.22. The predicted molar refractivity (Wildman–Crippen MR) is 52.9 cm³/mol. The minimum Gasteiger partial charge on any atom is -0.0836 e. The SMILES string of the molecule is [CH2]Cc1ccc2c(c1)CCC=C2. The van der Waals surface area contributed by atoms with Crippen LogP contribution in [0.5, 0.6) is 0 Å². The molecule has 0 aliphatic heterocycles. The van der Waals surface area contributed by atoms with E-state index in [1.54, 1.807) is 0 Å². The molecular formula is C12H13. The number of allylic oxidation sites excluding steroid dienone is 1. The summed E-state index contributed by atoms with van der Waals surface area (Å²) in [4.78, 5) is 0. The standard InChI is InChI=1S/C12H13/c1-2-10-7-8-11-5-3-4-6-12(11)9-10/h3,5,7-9H,1-2,4,6H2. The molecule has 0 nitrogen and oxygen atoms in total. The lowest BCUT2D eigenvalue weighted by molar-refractivity contribution is 0.979. The van der Waals surface area contributed by atoms with Gasteiger partial charge >= 0.3 is 0 Å². The van der Waals surface area contributed by atoms with Crippen molar-refractivity contribution in [3.05, 3.63) is 47.9 Å². The molecule has 1 aliphatic carbocycles. The molecule has 61 valence electrons. The first-order valence-electron chi connectivity index (χ1n) is 4.48. The second-order valence-corrected chi connectivity index (χ2v) is 3.22. The molecule has 0 saturated heterocycles. The maximum Gasteiger partial charge on any atom is -0.0227 e. The summed E-state index contributed by atoms with van der Waals surface area (Å²) in [6.45, 7) is 3.89. The summed E-state index contributed by atoms with van der Waals surface area (Å²) < 4.78 is 0. The highest BCUT2D eigenvalue weighted by molar-refractivity contribution is 5.57. The molecule has 2 rings (SSSR count). The molecule has 0 heteroatoms. The van der Waals surface area contributed by atoms with Gasteiger partial charge in [-0.15, -0.1) is 0 Å². The smallest absolute Gasteiger partial charge is 0.0227 e. The van der Waals surface area contributed by atoms with E-state index in [0.717, 1.165) is 6.42 Å². The van der Waals surface area contributed by atoms with Crippen LogP contribution in [0.15, 0.2) is 24.3 Å². The first-order valence-corrected chi connectivity index (χ1v) is 4.48. The maximum absolute atomic E-state index is 3.89. The molecule has 1 radical (unpaired) electrons. The van der Waals surface area contributed by atoms with Crippen molar-refractivity contribution in [2.24, 2.45) is 0 Å². The fourth-order valence-corrected chi connectivity index (χ4v) is 1.64. The molecule has 1 aliphatic rings. The van der Waals surface area contributed by atoms with Crippen molar-refractivity contribution in [3.8, 4) is 0 Å². The van der Waals surface area contributed by atoms with Crippen LogP contribution in [0, 0.1) is 6.92 Å². The van der Waals surface area contributed by atoms with E-state index in [1.165, 1.54) is 29.5 Å². The van der Waals surface area contributed by atoms with Gasteiger partial charge < -0.3 is 0 Å². The molecule has 0 aromatic heterocycles. The highest BCUT2D eigenvalue weighted by Crippen LogP contribution is 2.20. The lowest BCUT2D eigenvalue weighted by Gasteiger charge is -2.10. The van der Waals surface area contributed by atoms with Crippen molar-refractivity contribution in [1.82, 2.24) is 0 Å². The Hall–Kier alpha value is -1.04. The predicted octanol–water partition coefficient (Wildman–Crippen LogP) is 3.02. The van der Waals surface area contributed by atoms with Gasteiger partial charge in [0, 0.05) is 0 Å². The summed E-state index contributed by atoms with van der Waals surface area (Å²) in [5.41, 5.74) is 4.22. The number of benzene rings is 1. The minimum absolute atomic E-state index is 0.900. The molecule has 1 aromatic carbocycles. The summed E-state index contributed by atoms with van der Waals surface area (Å²) in [7, 11) is 0. The molecule has 0 N–H and O–H groups in total. The van der Waals surface area contributed by atoms with Crippen molar-refractivity contribution in [2.75, 3.05) is 0 Å². The molecule has 12 heavy (non-hydrogen) atoms. The number of aryl methyl sites for hydroxylation is 1. The molecule has 0 saturated carbocycles. The molecule has 0 atom stereocenters. The number of hydrogen-bond acceptors (Lipinski definition) is 0. The first kappa shape index (κ1) is 7.60. The normalized spacial score (nSPS) is 14.4. The largest absolute Gasteiger partial charge is 0.0836 e. The van der Waals surface area contributed by atoms with Crippen LogP contribution in [-0.2, 0) is 12.8 Å². The van der Waals surface area contributed by atoms with E-state index in [-0.39, 0.29) is 0 Å². The maximum atomic E-state index is 3.89. The lowest BCUT2D eigenvalue weighted by atomic mass is 9.95. The van der Waals surface area contributed by atoms with Crippen molar-refractivity contribution in [2.45, 2.75) is 19.3 Å². The Kier molecular flexibility index (Phi) is 1.99. The summed E-state index contributed by atoms with van der Waals surface area (Å²) in [5.74, 6) is 0. The van der Waals surface area contributed by atoms with Crippen molar-refractivity contribution >= 4 is 6.08 Å². The molecule has 0 spiro atoms. The zero-order chi connectivity index (χ0) is 8.39. The van der Waals surface area contributed by atoms with Gasteiger partial charge in [-0.2, -0.15) is 0 Å². The van der Waals surface area contributed by atoms with Gasteiger partial charge in [-0.05, 0) is 42.9 Å². The van der Waals surface area contributed by atoms with Gasteiger partial charge in [0.15, 0.2) is 0 Å². The molecule has 0 amide bonds. The van der Waals surface area contributed by atoms with Crippen LogP contribution in [0.4, 0.5) is 0 Å². The van der Waals surface area contributed by atoms with Gasteiger partial charge in [0.2, 0.25) is 0 Å². The van der Waals surface area contributed by atoms with Gasteiger partial charge in [0.1, 0.15) is 0 Å². The second kappa shape index (κ2) is 3.14. The van der Waals surface area contributed by atoms with Crippen LogP contribution in [-0.4, -0.2) is 0 Å². The molecular weight excluding hydrogens is 144 g/mol. The van der Waals surface area contributed by atoms with Crippen molar-refractivity contribution < 1.29 is 0 Å². The Bertz CT molecular complexity index is 308. The third-order valence-corrected chi connectivity index (χ3v) is 2.37. The number of hydrogen-bond donors (Lipinski definition) is 0. The summed E-state index contributed by atoms with van der Waals surface area (Å²) in [5, 5.41) is 0. The molecule has 0 heterocycles. The molecule has 0 fully saturated rings. The monoisotopic (exact) mass is 157 g/mol. The zero-order valence-corrected chi connectivity index (χ0v) is 7.22. The summed E-state index contributed by atoms with van der Waals surface area (Å²) >= 11 is 0. The Balaban J connectivity index is 2.44. The summed E-state index contributed by atoms with van der Waals surface area (Å²) in [6, 6.07) is 6.65. The third kappa shape index (κ3) is 1.29. The third-order valence-electron chi connectivity index (χ3n) is 2.37. The van der Waals surface area contributed by atoms with Gasteiger partial charge in [-0.3, -0.25) is 0 Å². The summed E-state index contributed by atoms with van der Waals surface area (Å²) in [6.07, 6.45) is 7.74. The molecule has 0 bridgehead atoms. The van der Waals surface area contributed by atoms with E-state index < -0.39 is 0 Å². The topological polar surface area (TPSA) is 0 Å². The number of fused-ring (bicyclic) bond motifs is 1. The Labute approximate surface area is 73.9 Å². The van der Waals surface area contributed by atoms with E-state index in [0.29, 0.717) is 0 Å². The van der Waals surface area contributed by atoms with E-state index in [1.807, 2.05) is 0 Å². The number of rotatable bonds is 1. The van der Waals surface area contributed by atoms with Crippen LogP contribution in [0.25, 0.3) is 6.08 Å². The Morgan fingerprint density at radius 3 is 3.08 bits per heavy atom. The van der Waals surface area contributed by atoms with Crippen LogP contribution in [0.1, 0.15) is 23.1 Å². The van der Waals surface area contributed by atoms with Gasteiger partial charge in [0.25, 0.3) is 0 Å². The Morgan fingerprint density at radius 1 is 1.33 bits per heavy atom. The quantitative estimate of drug-likeness (QED) is 0.587. The van der Waals surface area contributed by atoms with Crippen molar-refractivity contribution in [1.29, 1.82) is 0 Å². The minimum atomic E-state index is 0.900. The van der Waals surface area contributed by atoms with Crippen LogP contribution in [0.3, 0.4) is 0 Å². The average Bonchev–Trinajstić information content (AvgIpc) is 2.17. The van der Waals surface area contributed by atoms with Crippen LogP contribution in [0.2, 0.25) is 0 Å². The van der Waals surface area contributed by atoms with Gasteiger partial charge in [0.05, 0.1) is 0 Å². The van der Waals surface area contributed by atoms with E-state index in [9.17, 15) is 0 Å². The zero-order valence-electron chi connectivity index (χ0n) is 7.22. The molecule has 0 unspecified atom stereocenters. The van der Waals surface area contributed by atoms with E-state index in [2.05, 4.69) is 37.3 Å². The fraction of sp³-hybridized carbons (Fsp3) is 0.250. The Morgan fingerprint density at radius 2 is 2.25 bits per heavy atom. The lowest BCUT2D eigenvalue weighted by Crippen LogP contribution is -1.95. The van der Waals surface area contributed by atoms with Gasteiger partial charge in [-0.25, -0.2) is 0 Å². The molecule has 1 aromatic rings. The van der Waals surface area contributed by atoms with Crippen LogP contribution < -0.4 is 0 Å². The fourth-order valence-electron chi connectivity index (χ4n) is 1.64. The average molecular weight is 157 g/mol. The highest BCUT2D eigenvalue weighted by Gasteiger charge is 2.03.